The summed E-state index contributed by atoms with van der Waals surface area (Å²) in [6, 6.07) is 9.26. The number of hydrogen-bond acceptors (Lipinski definition) is 5. The zero-order chi connectivity index (χ0) is 20.8. The number of rotatable bonds is 9. The second-order valence-corrected chi connectivity index (χ2v) is 6.86. The predicted octanol–water partition coefficient (Wildman–Crippen LogP) is 3.62. The molecule has 7 heteroatoms. The normalized spacial score (nSPS) is 10.9. The first-order valence-electron chi connectivity index (χ1n) is 9.89. The Balaban J connectivity index is 1.81. The quantitative estimate of drug-likeness (QED) is 0.559. The second kappa shape index (κ2) is 9.32. The Morgan fingerprint density at radius 1 is 1.17 bits per heavy atom. The number of nitrogen functional groups attached to an aromatic ring is 1. The van der Waals surface area contributed by atoms with Crippen LogP contribution in [0.2, 0.25) is 0 Å². The predicted molar refractivity (Wildman–Crippen MR) is 114 cm³/mol. The standard InChI is InChI=1S/C22H28N4O3/c1-4-10-25(11-5-2)21(27)15-29-20-7-6-12-26-14-18(24-22(20)26)16-8-9-19(28-3)17(23)13-16/h6-9,12-14H,4-5,10-11,15,23H2,1-3H3. The highest BCUT2D eigenvalue weighted by Gasteiger charge is 2.15. The number of pyridine rings is 1. The molecule has 29 heavy (non-hydrogen) atoms. The SMILES string of the molecule is CCCN(CCC)C(=O)COc1cccn2cc(-c3ccc(OC)c(N)c3)nc12. The molecule has 0 atom stereocenters. The van der Waals surface area contributed by atoms with Gasteiger partial charge in [-0.3, -0.25) is 4.79 Å². The fourth-order valence-electron chi connectivity index (χ4n) is 3.26. The zero-order valence-electron chi connectivity index (χ0n) is 17.2. The van der Waals surface area contributed by atoms with E-state index in [9.17, 15) is 4.79 Å². The highest BCUT2D eigenvalue weighted by molar-refractivity contribution is 5.78. The molecule has 0 fully saturated rings. The number of aromatic nitrogens is 2. The third kappa shape index (κ3) is 4.62. The third-order valence-corrected chi connectivity index (χ3v) is 4.66. The molecular formula is C22H28N4O3. The summed E-state index contributed by atoms with van der Waals surface area (Å²) in [5.41, 5.74) is 8.88. The van der Waals surface area contributed by atoms with Crippen LogP contribution in [-0.4, -0.2) is 47.0 Å². The number of nitrogens with zero attached hydrogens (tertiary/aromatic N) is 3. The van der Waals surface area contributed by atoms with Crippen molar-refractivity contribution in [3.8, 4) is 22.8 Å². The van der Waals surface area contributed by atoms with Crippen LogP contribution in [-0.2, 0) is 4.79 Å². The van der Waals surface area contributed by atoms with Gasteiger partial charge in [0.05, 0.1) is 18.5 Å². The monoisotopic (exact) mass is 396 g/mol. The van der Waals surface area contributed by atoms with E-state index in [0.717, 1.165) is 37.2 Å². The fraction of sp³-hybridized carbons (Fsp3) is 0.364. The van der Waals surface area contributed by atoms with Crippen LogP contribution >= 0.6 is 0 Å². The molecular weight excluding hydrogens is 368 g/mol. The number of amides is 1. The molecule has 3 aromatic rings. The fourth-order valence-corrected chi connectivity index (χ4v) is 3.26. The van der Waals surface area contributed by atoms with Gasteiger partial charge in [-0.1, -0.05) is 13.8 Å². The van der Waals surface area contributed by atoms with Gasteiger partial charge >= 0.3 is 0 Å². The van der Waals surface area contributed by atoms with E-state index in [-0.39, 0.29) is 12.5 Å². The van der Waals surface area contributed by atoms with Crippen LogP contribution in [0.1, 0.15) is 26.7 Å². The van der Waals surface area contributed by atoms with Crippen molar-refractivity contribution in [1.82, 2.24) is 14.3 Å². The topological polar surface area (TPSA) is 82.1 Å². The number of methoxy groups -OCH3 is 1. The number of nitrogens with two attached hydrogens (primary N) is 1. The van der Waals surface area contributed by atoms with Crippen LogP contribution in [0.25, 0.3) is 16.9 Å². The first kappa shape index (κ1) is 20.5. The summed E-state index contributed by atoms with van der Waals surface area (Å²) < 4.78 is 12.9. The van der Waals surface area contributed by atoms with Crippen LogP contribution in [0, 0.1) is 0 Å². The molecule has 2 N–H and O–H groups in total. The minimum Gasteiger partial charge on any atom is -0.495 e. The molecule has 0 aliphatic rings. The van der Waals surface area contributed by atoms with E-state index in [1.807, 2.05) is 52.0 Å². The third-order valence-electron chi connectivity index (χ3n) is 4.66. The summed E-state index contributed by atoms with van der Waals surface area (Å²) >= 11 is 0. The lowest BCUT2D eigenvalue weighted by Gasteiger charge is -2.21. The molecule has 0 saturated heterocycles. The van der Waals surface area contributed by atoms with E-state index in [1.165, 1.54) is 0 Å². The van der Waals surface area contributed by atoms with Crippen LogP contribution in [0.5, 0.6) is 11.5 Å². The van der Waals surface area contributed by atoms with Crippen molar-refractivity contribution >= 4 is 17.2 Å². The van der Waals surface area contributed by atoms with Crippen molar-refractivity contribution in [1.29, 1.82) is 0 Å². The molecule has 7 nitrogen and oxygen atoms in total. The Kier molecular flexibility index (Phi) is 6.59. The maximum atomic E-state index is 12.5. The number of imidazole rings is 1. The van der Waals surface area contributed by atoms with Gasteiger partial charge in [0.2, 0.25) is 0 Å². The lowest BCUT2D eigenvalue weighted by atomic mass is 10.1. The summed E-state index contributed by atoms with van der Waals surface area (Å²) in [4.78, 5) is 19.0. The first-order chi connectivity index (χ1) is 14.1. The number of fused-ring (bicyclic) bond motifs is 1. The number of anilines is 1. The van der Waals surface area contributed by atoms with Crippen molar-refractivity contribution in [2.45, 2.75) is 26.7 Å². The highest BCUT2D eigenvalue weighted by atomic mass is 16.5. The summed E-state index contributed by atoms with van der Waals surface area (Å²) in [5.74, 6) is 1.19. The number of ether oxygens (including phenoxy) is 2. The Bertz CT molecular complexity index is 977. The Hall–Kier alpha value is -3.22. The van der Waals surface area contributed by atoms with Gasteiger partial charge in [-0.15, -0.1) is 0 Å². The average Bonchev–Trinajstić information content (AvgIpc) is 3.16. The number of carbonyl (C=O) groups is 1. The van der Waals surface area contributed by atoms with Gasteiger partial charge in [0.15, 0.2) is 18.0 Å². The molecule has 0 saturated carbocycles. The van der Waals surface area contributed by atoms with Gasteiger partial charge in [-0.25, -0.2) is 4.98 Å². The highest BCUT2D eigenvalue weighted by Crippen LogP contribution is 2.29. The molecule has 1 aromatic carbocycles. The van der Waals surface area contributed by atoms with E-state index < -0.39 is 0 Å². The summed E-state index contributed by atoms with van der Waals surface area (Å²) in [7, 11) is 1.59. The van der Waals surface area contributed by atoms with Crippen molar-refractivity contribution < 1.29 is 14.3 Å². The van der Waals surface area contributed by atoms with E-state index in [2.05, 4.69) is 13.8 Å². The molecule has 2 aromatic heterocycles. The largest absolute Gasteiger partial charge is 0.495 e. The summed E-state index contributed by atoms with van der Waals surface area (Å²) in [5, 5.41) is 0. The maximum Gasteiger partial charge on any atom is 0.260 e. The lowest BCUT2D eigenvalue weighted by Crippen LogP contribution is -2.36. The molecule has 0 aliphatic heterocycles. The Morgan fingerprint density at radius 3 is 2.59 bits per heavy atom. The first-order valence-corrected chi connectivity index (χ1v) is 9.89. The molecule has 0 unspecified atom stereocenters. The van der Waals surface area contributed by atoms with Gasteiger partial charge in [-0.05, 0) is 43.2 Å². The van der Waals surface area contributed by atoms with Gasteiger partial charge in [-0.2, -0.15) is 0 Å². The summed E-state index contributed by atoms with van der Waals surface area (Å²) in [6.07, 6.45) is 5.66. The van der Waals surface area contributed by atoms with E-state index in [1.54, 1.807) is 7.11 Å². The van der Waals surface area contributed by atoms with Crippen LogP contribution in [0.4, 0.5) is 5.69 Å². The molecule has 0 spiro atoms. The maximum absolute atomic E-state index is 12.5. The second-order valence-electron chi connectivity index (χ2n) is 6.86. The van der Waals surface area contributed by atoms with Crippen LogP contribution in [0.3, 0.4) is 0 Å². The summed E-state index contributed by atoms with van der Waals surface area (Å²) in [6.45, 7) is 5.61. The molecule has 1 amide bonds. The van der Waals surface area contributed by atoms with Crippen molar-refractivity contribution in [3.05, 3.63) is 42.7 Å². The van der Waals surface area contributed by atoms with Crippen LogP contribution in [0.15, 0.2) is 42.7 Å². The molecule has 154 valence electrons. The van der Waals surface area contributed by atoms with Gasteiger partial charge in [0.25, 0.3) is 5.91 Å². The van der Waals surface area contributed by atoms with Gasteiger partial charge in [0.1, 0.15) is 5.75 Å². The molecule has 0 aliphatic carbocycles. The number of benzene rings is 1. The van der Waals surface area contributed by atoms with Gasteiger partial charge in [0, 0.05) is 31.0 Å². The van der Waals surface area contributed by atoms with Crippen molar-refractivity contribution in [3.63, 3.8) is 0 Å². The molecule has 3 rings (SSSR count). The van der Waals surface area contributed by atoms with E-state index in [0.29, 0.717) is 22.8 Å². The van der Waals surface area contributed by atoms with Crippen LogP contribution < -0.4 is 15.2 Å². The van der Waals surface area contributed by atoms with Gasteiger partial charge < -0.3 is 24.5 Å². The zero-order valence-corrected chi connectivity index (χ0v) is 17.2. The van der Waals surface area contributed by atoms with E-state index in [4.69, 9.17) is 20.2 Å². The van der Waals surface area contributed by atoms with Crippen molar-refractivity contribution in [2.24, 2.45) is 0 Å². The minimum absolute atomic E-state index is 0.00263. The Morgan fingerprint density at radius 2 is 1.93 bits per heavy atom. The van der Waals surface area contributed by atoms with Crippen molar-refractivity contribution in [2.75, 3.05) is 32.5 Å². The molecule has 0 radical (unpaired) electrons. The average molecular weight is 396 g/mol. The number of carbonyl (C=O) groups excluding carboxylic acids is 1. The Labute approximate surface area is 171 Å². The van der Waals surface area contributed by atoms with E-state index >= 15 is 0 Å². The lowest BCUT2D eigenvalue weighted by molar-refractivity contribution is -0.133. The number of hydrogen-bond donors (Lipinski definition) is 1. The molecule has 0 bridgehead atoms. The minimum atomic E-state index is -0.00888. The smallest absolute Gasteiger partial charge is 0.260 e. The molecule has 2 heterocycles.